The Morgan fingerprint density at radius 3 is 1.70 bits per heavy atom. The largest absolute Gasteiger partial charge is 0.459 e. The summed E-state index contributed by atoms with van der Waals surface area (Å²) in [6, 6.07) is 37.3. The van der Waals surface area contributed by atoms with Gasteiger partial charge in [0, 0.05) is 27.2 Å². The van der Waals surface area contributed by atoms with E-state index in [-0.39, 0.29) is 19.8 Å². The molecule has 0 amide bonds. The Labute approximate surface area is 327 Å². The van der Waals surface area contributed by atoms with E-state index in [9.17, 15) is 9.59 Å². The highest BCUT2D eigenvalue weighted by Gasteiger charge is 2.55. The number of methoxy groups -OCH3 is 3. The number of ether oxygens (including phenoxy) is 10. The molecule has 12 nitrogen and oxygen atoms in total. The minimum Gasteiger partial charge on any atom is -0.459 e. The lowest BCUT2D eigenvalue weighted by Gasteiger charge is -2.48. The third-order valence-electron chi connectivity index (χ3n) is 9.92. The maximum Gasteiger partial charge on any atom is 0.338 e. The molecule has 0 aromatic heterocycles. The van der Waals surface area contributed by atoms with Crippen LogP contribution < -0.4 is 0 Å². The number of rotatable bonds is 17. The van der Waals surface area contributed by atoms with E-state index in [1.807, 2.05) is 91.0 Å². The van der Waals surface area contributed by atoms with Crippen molar-refractivity contribution in [2.75, 3.05) is 27.9 Å². The highest BCUT2D eigenvalue weighted by atomic mass is 16.8. The predicted molar refractivity (Wildman–Crippen MR) is 203 cm³/mol. The van der Waals surface area contributed by atoms with Gasteiger partial charge in [-0.3, -0.25) is 0 Å². The van der Waals surface area contributed by atoms with Crippen molar-refractivity contribution in [3.05, 3.63) is 144 Å². The Balaban J connectivity index is 1.31. The lowest BCUT2D eigenvalue weighted by Crippen LogP contribution is -2.65. The number of esters is 2. The Bertz CT molecular complexity index is 1760. The van der Waals surface area contributed by atoms with E-state index >= 15 is 0 Å². The van der Waals surface area contributed by atoms with Crippen LogP contribution in [0.3, 0.4) is 0 Å². The van der Waals surface area contributed by atoms with Crippen molar-refractivity contribution in [2.24, 2.45) is 5.92 Å². The van der Waals surface area contributed by atoms with Gasteiger partial charge in [0.1, 0.15) is 37.1 Å². The predicted octanol–water partition coefficient (Wildman–Crippen LogP) is 5.91. The lowest BCUT2D eigenvalue weighted by atomic mass is 9.89. The summed E-state index contributed by atoms with van der Waals surface area (Å²) in [7, 11) is 4.55. The van der Waals surface area contributed by atoms with Gasteiger partial charge in [0.15, 0.2) is 24.8 Å². The highest BCUT2D eigenvalue weighted by molar-refractivity contribution is 5.89. The summed E-state index contributed by atoms with van der Waals surface area (Å²) < 4.78 is 62.3. The number of carbonyl (C=O) groups is 2. The number of benzene rings is 4. The molecule has 0 aliphatic carbocycles. The molecule has 2 aliphatic heterocycles. The van der Waals surface area contributed by atoms with Crippen LogP contribution in [0.4, 0.5) is 0 Å². The van der Waals surface area contributed by atoms with Crippen LogP contribution in [0, 0.1) is 5.92 Å². The molecule has 56 heavy (non-hydrogen) atoms. The zero-order chi connectivity index (χ0) is 39.3. The summed E-state index contributed by atoms with van der Waals surface area (Å²) >= 11 is 0. The van der Waals surface area contributed by atoms with Gasteiger partial charge in [0.2, 0.25) is 0 Å². The third-order valence-corrected chi connectivity index (χ3v) is 9.92. The van der Waals surface area contributed by atoms with E-state index in [0.717, 1.165) is 16.7 Å². The van der Waals surface area contributed by atoms with E-state index in [1.54, 1.807) is 37.3 Å². The summed E-state index contributed by atoms with van der Waals surface area (Å²) in [5, 5.41) is 0. The van der Waals surface area contributed by atoms with Crippen LogP contribution in [-0.4, -0.2) is 95.2 Å². The lowest BCUT2D eigenvalue weighted by molar-refractivity contribution is -0.358. The first-order valence-electron chi connectivity index (χ1n) is 18.7. The molecule has 0 radical (unpaired) electrons. The van der Waals surface area contributed by atoms with E-state index in [1.165, 1.54) is 21.3 Å². The molecule has 2 heterocycles. The fourth-order valence-electron chi connectivity index (χ4n) is 7.00. The monoisotopic (exact) mass is 770 g/mol. The summed E-state index contributed by atoms with van der Waals surface area (Å²) in [4.78, 5) is 27.4. The van der Waals surface area contributed by atoms with E-state index in [4.69, 9.17) is 47.4 Å². The van der Waals surface area contributed by atoms with Crippen LogP contribution >= 0.6 is 0 Å². The minimum atomic E-state index is -1.37. The first-order valence-corrected chi connectivity index (χ1v) is 18.7. The van der Waals surface area contributed by atoms with Crippen LogP contribution in [0.25, 0.3) is 0 Å². The van der Waals surface area contributed by atoms with Gasteiger partial charge in [-0.15, -0.1) is 0 Å². The van der Waals surface area contributed by atoms with Crippen molar-refractivity contribution >= 4 is 11.9 Å². The first kappa shape index (κ1) is 41.1. The first-order chi connectivity index (χ1) is 27.4. The second-order valence-corrected chi connectivity index (χ2v) is 13.7. The summed E-state index contributed by atoms with van der Waals surface area (Å²) in [5.41, 5.74) is 3.03. The summed E-state index contributed by atoms with van der Waals surface area (Å²) in [6.07, 6.45) is -8.77. The van der Waals surface area contributed by atoms with Crippen LogP contribution in [-0.2, 0) is 72.0 Å². The molecule has 0 saturated carbocycles. The molecular weight excluding hydrogens is 720 g/mol. The highest BCUT2D eigenvalue weighted by Crippen LogP contribution is 2.36. The molecule has 6 rings (SSSR count). The topological polar surface area (TPSA) is 126 Å². The Morgan fingerprint density at radius 2 is 1.12 bits per heavy atom. The molecular formula is C44H50O12. The van der Waals surface area contributed by atoms with Crippen LogP contribution in [0.2, 0.25) is 0 Å². The number of hydrogen-bond acceptors (Lipinski definition) is 12. The van der Waals surface area contributed by atoms with Gasteiger partial charge in [0.05, 0.1) is 25.4 Å². The Kier molecular flexibility index (Phi) is 15.1. The minimum absolute atomic E-state index is 0.0315. The van der Waals surface area contributed by atoms with E-state index in [0.29, 0.717) is 12.2 Å². The van der Waals surface area contributed by atoms with Crippen molar-refractivity contribution in [3.63, 3.8) is 0 Å². The van der Waals surface area contributed by atoms with Gasteiger partial charge in [-0.2, -0.15) is 0 Å². The normalized spacial score (nSPS) is 27.6. The second-order valence-electron chi connectivity index (χ2n) is 13.7. The third kappa shape index (κ3) is 10.5. The molecule has 10 atom stereocenters. The van der Waals surface area contributed by atoms with Crippen LogP contribution in [0.15, 0.2) is 121 Å². The van der Waals surface area contributed by atoms with E-state index < -0.39 is 73.2 Å². The van der Waals surface area contributed by atoms with Gasteiger partial charge in [-0.1, -0.05) is 116 Å². The maximum atomic E-state index is 13.8. The molecule has 4 aromatic carbocycles. The number of hydrogen-bond donors (Lipinski definition) is 0. The second kappa shape index (κ2) is 20.6. The fourth-order valence-corrected chi connectivity index (χ4v) is 7.00. The van der Waals surface area contributed by atoms with Crippen LogP contribution in [0.5, 0.6) is 0 Å². The zero-order valence-electron chi connectivity index (χ0n) is 32.0. The van der Waals surface area contributed by atoms with Gasteiger partial charge < -0.3 is 47.4 Å². The van der Waals surface area contributed by atoms with Crippen molar-refractivity contribution < 1.29 is 57.0 Å². The van der Waals surface area contributed by atoms with Crippen molar-refractivity contribution in [3.8, 4) is 0 Å². The van der Waals surface area contributed by atoms with Crippen molar-refractivity contribution in [1.82, 2.24) is 0 Å². The van der Waals surface area contributed by atoms with Crippen molar-refractivity contribution in [1.29, 1.82) is 0 Å². The smallest absolute Gasteiger partial charge is 0.338 e. The van der Waals surface area contributed by atoms with Gasteiger partial charge in [-0.05, 0) is 28.8 Å². The van der Waals surface area contributed by atoms with Gasteiger partial charge >= 0.3 is 11.9 Å². The average molecular weight is 771 g/mol. The molecule has 2 saturated heterocycles. The summed E-state index contributed by atoms with van der Waals surface area (Å²) in [5.74, 6) is -1.87. The molecule has 12 heteroatoms. The SMILES string of the molecule is COC1C(OCc2ccccc2)[C@@H](OC)OC(COCc2ccccc2)[C@H]1O[C@@H]1OC(C(=O)OCc2ccccc2)[C@@H](C)C(OC)[C@@H]1OC(=O)c1ccccc1. The van der Waals surface area contributed by atoms with Gasteiger partial charge in [-0.25, -0.2) is 9.59 Å². The van der Waals surface area contributed by atoms with Crippen molar-refractivity contribution in [2.45, 2.75) is 82.1 Å². The standard InChI is InChI=1S/C44H50O12/c1-29-35(47-2)40(54-41(45)33-23-15-8-16-24-33)44(55-36(29)42(46)52-27-32-21-13-7-14-22-32)56-37-34(28-50-25-30-17-9-5-10-18-30)53-43(49-4)39(38(37)48-3)51-26-31-19-11-6-12-20-31/h5-24,29,34-40,43-44H,25-28H2,1-4H3/t29-,34?,35?,36?,37+,38?,39?,40-,43-,44-/m0/s1. The summed E-state index contributed by atoms with van der Waals surface area (Å²) in [6.45, 7) is 2.39. The molecule has 5 unspecified atom stereocenters. The molecule has 298 valence electrons. The Hall–Kier alpha value is -4.50. The molecule has 2 aliphatic rings. The average Bonchev–Trinajstić information content (AvgIpc) is 3.24. The number of carbonyl (C=O) groups excluding carboxylic acids is 2. The van der Waals surface area contributed by atoms with Gasteiger partial charge in [0.25, 0.3) is 0 Å². The molecule has 0 N–H and O–H groups in total. The fraction of sp³-hybridized carbons (Fsp3) is 0.409. The van der Waals surface area contributed by atoms with E-state index in [2.05, 4.69) is 0 Å². The zero-order valence-corrected chi connectivity index (χ0v) is 32.0. The molecule has 2 fully saturated rings. The maximum absolute atomic E-state index is 13.8. The molecule has 0 bridgehead atoms. The van der Waals surface area contributed by atoms with Crippen LogP contribution in [0.1, 0.15) is 34.0 Å². The quantitative estimate of drug-likeness (QED) is 0.119. The molecule has 4 aromatic rings. The Morgan fingerprint density at radius 1 is 0.571 bits per heavy atom. The molecule has 0 spiro atoms.